The second-order valence-corrected chi connectivity index (χ2v) is 16.4. The SMILES string of the molecule is O=S(=O)(c1ccc(-c2ccc(S(=O)(=O)N3CCN(C4CCCCC4)CC3)cc2)cc1)N1CCN(C2CCCCC2)CC1. The molecule has 4 fully saturated rings. The van der Waals surface area contributed by atoms with Gasteiger partial charge in [-0.25, -0.2) is 16.8 Å². The summed E-state index contributed by atoms with van der Waals surface area (Å²) in [5, 5.41) is 0. The van der Waals surface area contributed by atoms with E-state index in [1.54, 1.807) is 32.9 Å². The van der Waals surface area contributed by atoms with Gasteiger partial charge in [-0.2, -0.15) is 8.61 Å². The fourth-order valence-electron chi connectivity index (χ4n) is 7.45. The van der Waals surface area contributed by atoms with Gasteiger partial charge in [0.2, 0.25) is 20.0 Å². The molecule has 10 heteroatoms. The molecular weight excluding hydrogens is 569 g/mol. The van der Waals surface area contributed by atoms with Crippen molar-refractivity contribution in [1.82, 2.24) is 18.4 Å². The van der Waals surface area contributed by atoms with Gasteiger partial charge in [-0.05, 0) is 61.1 Å². The number of piperazine rings is 2. The summed E-state index contributed by atoms with van der Waals surface area (Å²) in [5.41, 5.74) is 1.72. The molecule has 0 unspecified atom stereocenters. The predicted molar refractivity (Wildman–Crippen MR) is 166 cm³/mol. The van der Waals surface area contributed by atoms with Crippen molar-refractivity contribution < 1.29 is 16.8 Å². The van der Waals surface area contributed by atoms with Crippen molar-refractivity contribution in [3.8, 4) is 11.1 Å². The highest BCUT2D eigenvalue weighted by Gasteiger charge is 2.33. The van der Waals surface area contributed by atoms with Gasteiger partial charge in [0.25, 0.3) is 0 Å². The number of benzene rings is 2. The normalized spacial score (nSPS) is 23.7. The van der Waals surface area contributed by atoms with E-state index < -0.39 is 20.0 Å². The summed E-state index contributed by atoms with van der Waals surface area (Å²) in [5.74, 6) is 0. The molecule has 0 atom stereocenters. The number of nitrogens with zero attached hydrogens (tertiary/aromatic N) is 4. The molecule has 2 aliphatic carbocycles. The lowest BCUT2D eigenvalue weighted by atomic mass is 9.94. The maximum Gasteiger partial charge on any atom is 0.243 e. The lowest BCUT2D eigenvalue weighted by Gasteiger charge is -2.40. The van der Waals surface area contributed by atoms with Gasteiger partial charge < -0.3 is 0 Å². The number of rotatable bonds is 7. The minimum atomic E-state index is -3.55. The number of hydrogen-bond acceptors (Lipinski definition) is 6. The maximum absolute atomic E-state index is 13.4. The van der Waals surface area contributed by atoms with E-state index in [1.807, 2.05) is 24.3 Å². The molecule has 8 nitrogen and oxygen atoms in total. The average molecular weight is 615 g/mol. The first kappa shape index (κ1) is 30.2. The van der Waals surface area contributed by atoms with Crippen LogP contribution in [0.2, 0.25) is 0 Å². The van der Waals surface area contributed by atoms with Crippen molar-refractivity contribution >= 4 is 20.0 Å². The van der Waals surface area contributed by atoms with Crippen LogP contribution in [-0.4, -0.2) is 99.7 Å². The molecule has 4 aliphatic rings. The summed E-state index contributed by atoms with van der Waals surface area (Å²) in [6, 6.07) is 15.2. The third-order valence-corrected chi connectivity index (χ3v) is 13.9. The van der Waals surface area contributed by atoms with Crippen molar-refractivity contribution in [1.29, 1.82) is 0 Å². The van der Waals surface area contributed by atoms with Crippen LogP contribution in [0.4, 0.5) is 0 Å². The summed E-state index contributed by atoms with van der Waals surface area (Å²) >= 11 is 0. The van der Waals surface area contributed by atoms with Crippen molar-refractivity contribution in [3.63, 3.8) is 0 Å². The van der Waals surface area contributed by atoms with Crippen LogP contribution in [0.15, 0.2) is 58.3 Å². The molecule has 2 aromatic carbocycles. The summed E-state index contributed by atoms with van der Waals surface area (Å²) in [7, 11) is -7.09. The second kappa shape index (κ2) is 13.0. The molecule has 42 heavy (non-hydrogen) atoms. The molecule has 2 saturated heterocycles. The highest BCUT2D eigenvalue weighted by Crippen LogP contribution is 2.29. The van der Waals surface area contributed by atoms with E-state index in [2.05, 4.69) is 9.80 Å². The highest BCUT2D eigenvalue weighted by molar-refractivity contribution is 7.89. The van der Waals surface area contributed by atoms with Crippen LogP contribution in [0.25, 0.3) is 11.1 Å². The Labute approximate surface area is 252 Å². The average Bonchev–Trinajstić information content (AvgIpc) is 3.06. The molecule has 2 heterocycles. The Bertz CT molecular complexity index is 1280. The Balaban J connectivity index is 1.06. The minimum absolute atomic E-state index is 0.309. The third kappa shape index (κ3) is 6.49. The van der Waals surface area contributed by atoms with E-state index in [0.29, 0.717) is 48.1 Å². The number of hydrogen-bond donors (Lipinski definition) is 0. The molecule has 0 aromatic heterocycles. The van der Waals surface area contributed by atoms with E-state index in [4.69, 9.17) is 0 Å². The maximum atomic E-state index is 13.4. The largest absolute Gasteiger partial charge is 0.298 e. The molecule has 2 aromatic rings. The molecule has 230 valence electrons. The quantitative estimate of drug-likeness (QED) is 0.453. The van der Waals surface area contributed by atoms with E-state index >= 15 is 0 Å². The van der Waals surface area contributed by atoms with Gasteiger partial charge in [-0.3, -0.25) is 9.80 Å². The monoisotopic (exact) mass is 614 g/mol. The zero-order valence-corrected chi connectivity index (χ0v) is 26.4. The van der Waals surface area contributed by atoms with Crippen molar-refractivity contribution in [2.75, 3.05) is 52.4 Å². The van der Waals surface area contributed by atoms with Crippen LogP contribution < -0.4 is 0 Å². The van der Waals surface area contributed by atoms with Gasteiger partial charge in [0.1, 0.15) is 0 Å². The fourth-order valence-corrected chi connectivity index (χ4v) is 10.3. The first-order chi connectivity index (χ1) is 20.3. The van der Waals surface area contributed by atoms with Crippen LogP contribution in [0.3, 0.4) is 0 Å². The van der Waals surface area contributed by atoms with Gasteiger partial charge in [0.15, 0.2) is 0 Å². The molecule has 2 saturated carbocycles. The van der Waals surface area contributed by atoms with Crippen molar-refractivity contribution in [3.05, 3.63) is 48.5 Å². The van der Waals surface area contributed by atoms with Gasteiger partial charge in [-0.1, -0.05) is 62.8 Å². The zero-order chi connectivity index (χ0) is 29.2. The molecule has 2 aliphatic heterocycles. The molecule has 6 rings (SSSR count). The van der Waals surface area contributed by atoms with Gasteiger partial charge in [0, 0.05) is 64.4 Å². The van der Waals surface area contributed by atoms with E-state index in [0.717, 1.165) is 37.3 Å². The van der Waals surface area contributed by atoms with Crippen LogP contribution in [0.5, 0.6) is 0 Å². The topological polar surface area (TPSA) is 81.2 Å². The van der Waals surface area contributed by atoms with Crippen molar-refractivity contribution in [2.24, 2.45) is 0 Å². The molecule has 0 radical (unpaired) electrons. The summed E-state index contributed by atoms with van der Waals surface area (Å²) in [6.07, 6.45) is 12.7. The van der Waals surface area contributed by atoms with Crippen LogP contribution in [0, 0.1) is 0 Å². The summed E-state index contributed by atoms with van der Waals surface area (Å²) in [4.78, 5) is 5.58. The molecular formula is C32H46N4O4S2. The Morgan fingerprint density at radius 3 is 1.05 bits per heavy atom. The first-order valence-electron chi connectivity index (χ1n) is 16.0. The van der Waals surface area contributed by atoms with Gasteiger partial charge in [0.05, 0.1) is 9.79 Å². The van der Waals surface area contributed by atoms with Crippen LogP contribution in [0.1, 0.15) is 64.2 Å². The van der Waals surface area contributed by atoms with E-state index in [-0.39, 0.29) is 0 Å². The molecule has 0 bridgehead atoms. The molecule has 0 spiro atoms. The van der Waals surface area contributed by atoms with Gasteiger partial charge >= 0.3 is 0 Å². The van der Waals surface area contributed by atoms with Crippen molar-refractivity contribution in [2.45, 2.75) is 86.1 Å². The van der Waals surface area contributed by atoms with Crippen LogP contribution in [-0.2, 0) is 20.0 Å². The van der Waals surface area contributed by atoms with E-state index in [9.17, 15) is 16.8 Å². The highest BCUT2D eigenvalue weighted by atomic mass is 32.2. The first-order valence-corrected chi connectivity index (χ1v) is 18.9. The molecule has 0 N–H and O–H groups in total. The smallest absolute Gasteiger partial charge is 0.243 e. The fraction of sp³-hybridized carbons (Fsp3) is 0.625. The standard InChI is InChI=1S/C32H46N4O4S2/c37-41(38,35-23-19-33(20-24-35)29-7-3-1-4-8-29)31-15-11-27(12-16-31)28-13-17-32(18-14-28)42(39,40)36-25-21-34(22-26-36)30-9-5-2-6-10-30/h11-18,29-30H,1-10,19-26H2. The molecule has 0 amide bonds. The Morgan fingerprint density at radius 1 is 0.429 bits per heavy atom. The second-order valence-electron chi connectivity index (χ2n) is 12.5. The third-order valence-electron chi connectivity index (χ3n) is 10.0. The number of sulfonamides is 2. The van der Waals surface area contributed by atoms with E-state index in [1.165, 1.54) is 64.2 Å². The Hall–Kier alpha value is -1.82. The Kier molecular flexibility index (Phi) is 9.38. The summed E-state index contributed by atoms with van der Waals surface area (Å²) in [6.45, 7) is 5.33. The van der Waals surface area contributed by atoms with Crippen LogP contribution >= 0.6 is 0 Å². The lowest BCUT2D eigenvalue weighted by molar-refractivity contribution is 0.111. The predicted octanol–water partition coefficient (Wildman–Crippen LogP) is 4.63. The van der Waals surface area contributed by atoms with Gasteiger partial charge in [-0.15, -0.1) is 0 Å². The lowest BCUT2D eigenvalue weighted by Crippen LogP contribution is -2.52. The summed E-state index contributed by atoms with van der Waals surface area (Å²) < 4.78 is 56.7. The minimum Gasteiger partial charge on any atom is -0.298 e. The zero-order valence-electron chi connectivity index (χ0n) is 24.7. The Morgan fingerprint density at radius 2 is 0.738 bits per heavy atom.